The molecule has 6 nitrogen and oxygen atoms in total. The number of thiazole rings is 1. The Morgan fingerprint density at radius 2 is 2.15 bits per heavy atom. The van der Waals surface area contributed by atoms with E-state index in [1.807, 2.05) is 53.7 Å². The number of carbonyl (C=O) groups excluding carboxylic acids is 1. The van der Waals surface area contributed by atoms with E-state index in [1.165, 1.54) is 11.3 Å². The maximum absolute atomic E-state index is 12.8. The summed E-state index contributed by atoms with van der Waals surface area (Å²) in [6, 6.07) is 9.96. The molecule has 3 aromatic rings. The molecule has 1 aliphatic rings. The maximum atomic E-state index is 12.8. The van der Waals surface area contributed by atoms with Crippen LogP contribution in [-0.4, -0.2) is 32.4 Å². The second kappa shape index (κ2) is 7.29. The van der Waals surface area contributed by atoms with Gasteiger partial charge in [0.1, 0.15) is 5.82 Å². The third-order valence-electron chi connectivity index (χ3n) is 4.59. The van der Waals surface area contributed by atoms with Gasteiger partial charge >= 0.3 is 6.03 Å². The van der Waals surface area contributed by atoms with E-state index in [1.54, 1.807) is 0 Å². The van der Waals surface area contributed by atoms with Crippen molar-refractivity contribution < 1.29 is 4.79 Å². The lowest BCUT2D eigenvalue weighted by Gasteiger charge is -2.34. The minimum Gasteiger partial charge on any atom is -0.340 e. The number of carbonyl (C=O) groups is 1. The quantitative estimate of drug-likeness (QED) is 0.710. The van der Waals surface area contributed by atoms with Gasteiger partial charge in [-0.1, -0.05) is 30.3 Å². The molecule has 0 spiro atoms. The molecule has 0 radical (unpaired) electrons. The summed E-state index contributed by atoms with van der Waals surface area (Å²) in [7, 11) is 0. The van der Waals surface area contributed by atoms with Crippen molar-refractivity contribution in [1.82, 2.24) is 19.9 Å². The Labute approximate surface area is 156 Å². The Balaban J connectivity index is 1.54. The number of amides is 2. The zero-order chi connectivity index (χ0) is 17.9. The topological polar surface area (TPSA) is 73.9 Å². The molecule has 0 aliphatic carbocycles. The summed E-state index contributed by atoms with van der Waals surface area (Å²) >= 11 is 1.45. The molecule has 4 rings (SSSR count). The van der Waals surface area contributed by atoms with Crippen molar-refractivity contribution in [3.63, 3.8) is 0 Å². The maximum Gasteiger partial charge on any atom is 0.324 e. The lowest BCUT2D eigenvalue weighted by atomic mass is 10.0. The van der Waals surface area contributed by atoms with Gasteiger partial charge in [-0.3, -0.25) is 5.32 Å². The SMILES string of the molecule is Cc1csc(NC(=O)N2CCCCC2c2ncc(-c3ccccc3)[nH]2)n1. The molecule has 7 heteroatoms. The van der Waals surface area contributed by atoms with Crippen LogP contribution in [0.4, 0.5) is 9.93 Å². The Bertz CT molecular complexity index is 888. The second-order valence-corrected chi connectivity index (χ2v) is 7.34. The van der Waals surface area contributed by atoms with Crippen LogP contribution >= 0.6 is 11.3 Å². The van der Waals surface area contributed by atoms with Gasteiger partial charge in [0.2, 0.25) is 0 Å². The van der Waals surface area contributed by atoms with Crippen LogP contribution in [0, 0.1) is 6.92 Å². The van der Waals surface area contributed by atoms with E-state index in [-0.39, 0.29) is 12.1 Å². The summed E-state index contributed by atoms with van der Waals surface area (Å²) in [6.45, 7) is 2.64. The van der Waals surface area contributed by atoms with E-state index in [2.05, 4.69) is 20.3 Å². The zero-order valence-electron chi connectivity index (χ0n) is 14.6. The average molecular weight is 367 g/mol. The fourth-order valence-corrected chi connectivity index (χ4v) is 3.98. The van der Waals surface area contributed by atoms with Crippen LogP contribution in [-0.2, 0) is 0 Å². The number of nitrogens with one attached hydrogen (secondary N) is 2. The number of hydrogen-bond acceptors (Lipinski definition) is 4. The minimum atomic E-state index is -0.110. The summed E-state index contributed by atoms with van der Waals surface area (Å²) in [5, 5.41) is 5.50. The van der Waals surface area contributed by atoms with E-state index >= 15 is 0 Å². The number of anilines is 1. The van der Waals surface area contributed by atoms with Gasteiger partial charge in [-0.15, -0.1) is 11.3 Å². The highest BCUT2D eigenvalue weighted by atomic mass is 32.1. The molecule has 26 heavy (non-hydrogen) atoms. The average Bonchev–Trinajstić information content (AvgIpc) is 3.32. The first-order valence-electron chi connectivity index (χ1n) is 8.81. The van der Waals surface area contributed by atoms with Crippen molar-refractivity contribution in [2.24, 2.45) is 0 Å². The number of nitrogens with zero attached hydrogens (tertiary/aromatic N) is 3. The van der Waals surface area contributed by atoms with E-state index in [4.69, 9.17) is 0 Å². The minimum absolute atomic E-state index is 0.0396. The zero-order valence-corrected chi connectivity index (χ0v) is 15.4. The van der Waals surface area contributed by atoms with E-state index in [9.17, 15) is 4.79 Å². The first kappa shape index (κ1) is 16.8. The first-order chi connectivity index (χ1) is 12.7. The molecular formula is C19H21N5OS. The van der Waals surface area contributed by atoms with Crippen molar-refractivity contribution in [3.05, 3.63) is 53.4 Å². The molecule has 0 saturated carbocycles. The monoisotopic (exact) mass is 367 g/mol. The second-order valence-electron chi connectivity index (χ2n) is 6.48. The van der Waals surface area contributed by atoms with Gasteiger partial charge in [0, 0.05) is 11.9 Å². The number of likely N-dealkylation sites (tertiary alicyclic amines) is 1. The standard InChI is InChI=1S/C19H21N5OS/c1-13-12-26-18(21-13)23-19(25)24-10-6-5-9-16(24)17-20-11-15(22-17)14-7-3-2-4-8-14/h2-4,7-8,11-12,16H,5-6,9-10H2,1H3,(H,20,22)(H,21,23,25). The smallest absolute Gasteiger partial charge is 0.324 e. The number of rotatable bonds is 3. The lowest BCUT2D eigenvalue weighted by Crippen LogP contribution is -2.41. The molecule has 1 saturated heterocycles. The van der Waals surface area contributed by atoms with Gasteiger partial charge in [0.15, 0.2) is 5.13 Å². The first-order valence-corrected chi connectivity index (χ1v) is 9.69. The van der Waals surface area contributed by atoms with Gasteiger partial charge in [-0.25, -0.2) is 14.8 Å². The lowest BCUT2D eigenvalue weighted by molar-refractivity contribution is 0.160. The fraction of sp³-hybridized carbons (Fsp3) is 0.316. The summed E-state index contributed by atoms with van der Waals surface area (Å²) in [5.41, 5.74) is 2.98. The van der Waals surface area contributed by atoms with Crippen molar-refractivity contribution in [3.8, 4) is 11.3 Å². The van der Waals surface area contributed by atoms with E-state index < -0.39 is 0 Å². The van der Waals surface area contributed by atoms with Crippen LogP contribution in [0.5, 0.6) is 0 Å². The molecule has 1 aliphatic heterocycles. The fourth-order valence-electron chi connectivity index (χ4n) is 3.30. The number of aromatic amines is 1. The molecule has 1 unspecified atom stereocenters. The Morgan fingerprint density at radius 1 is 1.31 bits per heavy atom. The largest absolute Gasteiger partial charge is 0.340 e. The van der Waals surface area contributed by atoms with Gasteiger partial charge < -0.3 is 9.88 Å². The molecule has 1 atom stereocenters. The Kier molecular flexibility index (Phi) is 4.71. The molecular weight excluding hydrogens is 346 g/mol. The van der Waals surface area contributed by atoms with Crippen LogP contribution < -0.4 is 5.32 Å². The highest BCUT2D eigenvalue weighted by Gasteiger charge is 2.30. The van der Waals surface area contributed by atoms with Gasteiger partial charge in [0.25, 0.3) is 0 Å². The molecule has 134 valence electrons. The third kappa shape index (κ3) is 3.48. The van der Waals surface area contributed by atoms with Gasteiger partial charge in [-0.05, 0) is 31.7 Å². The summed E-state index contributed by atoms with van der Waals surface area (Å²) in [5.74, 6) is 0.842. The number of piperidine rings is 1. The third-order valence-corrected chi connectivity index (χ3v) is 5.47. The summed E-state index contributed by atoms with van der Waals surface area (Å²) in [4.78, 5) is 26.9. The number of aryl methyl sites for hydroxylation is 1. The predicted molar refractivity (Wildman–Crippen MR) is 103 cm³/mol. The highest BCUT2D eigenvalue weighted by molar-refractivity contribution is 7.13. The van der Waals surface area contributed by atoms with Gasteiger partial charge in [0.05, 0.1) is 23.6 Å². The molecule has 1 aromatic carbocycles. The van der Waals surface area contributed by atoms with Crippen molar-refractivity contribution in [1.29, 1.82) is 0 Å². The molecule has 0 bridgehead atoms. The number of benzene rings is 1. The normalized spacial score (nSPS) is 17.3. The molecule has 2 aromatic heterocycles. The highest BCUT2D eigenvalue weighted by Crippen LogP contribution is 2.31. The summed E-state index contributed by atoms with van der Waals surface area (Å²) in [6.07, 6.45) is 4.85. The van der Waals surface area contributed by atoms with Crippen LogP contribution in [0.3, 0.4) is 0 Å². The van der Waals surface area contributed by atoms with Crippen molar-refractivity contribution in [2.45, 2.75) is 32.2 Å². The molecule has 1 fully saturated rings. The summed E-state index contributed by atoms with van der Waals surface area (Å²) < 4.78 is 0. The van der Waals surface area contributed by atoms with E-state index in [0.29, 0.717) is 5.13 Å². The number of hydrogen-bond donors (Lipinski definition) is 2. The van der Waals surface area contributed by atoms with Crippen LogP contribution in [0.15, 0.2) is 41.9 Å². The van der Waals surface area contributed by atoms with E-state index in [0.717, 1.165) is 48.6 Å². The van der Waals surface area contributed by atoms with Crippen molar-refractivity contribution in [2.75, 3.05) is 11.9 Å². The van der Waals surface area contributed by atoms with Crippen LogP contribution in [0.1, 0.15) is 36.8 Å². The molecule has 2 amide bonds. The number of H-pyrrole nitrogens is 1. The van der Waals surface area contributed by atoms with Crippen LogP contribution in [0.25, 0.3) is 11.3 Å². The molecule has 3 heterocycles. The Morgan fingerprint density at radius 3 is 2.92 bits per heavy atom. The van der Waals surface area contributed by atoms with Crippen molar-refractivity contribution >= 4 is 22.5 Å². The molecule has 2 N–H and O–H groups in total. The van der Waals surface area contributed by atoms with Gasteiger partial charge in [-0.2, -0.15) is 0 Å². The number of urea groups is 1. The van der Waals surface area contributed by atoms with Crippen LogP contribution in [0.2, 0.25) is 0 Å². The predicted octanol–water partition coefficient (Wildman–Crippen LogP) is 4.60. The number of imidazole rings is 1. The number of aromatic nitrogens is 3. The Hall–Kier alpha value is -2.67.